The molecule has 0 atom stereocenters. The Kier molecular flexibility index (Phi) is 2.25. The highest BCUT2D eigenvalue weighted by Crippen LogP contribution is 2.23. The van der Waals surface area contributed by atoms with E-state index in [1.54, 1.807) is 13.3 Å². The summed E-state index contributed by atoms with van der Waals surface area (Å²) < 4.78 is 5.00. The first-order valence-corrected chi connectivity index (χ1v) is 4.56. The molecule has 4 heteroatoms. The van der Waals surface area contributed by atoms with E-state index in [1.165, 1.54) is 0 Å². The van der Waals surface area contributed by atoms with Gasteiger partial charge < -0.3 is 4.74 Å². The Bertz CT molecular complexity index is 485. The maximum atomic E-state index is 5.97. The Labute approximate surface area is 86.7 Å². The molecule has 1 aromatic heterocycles. The van der Waals surface area contributed by atoms with Crippen LogP contribution in [0.4, 0.5) is 0 Å². The van der Waals surface area contributed by atoms with E-state index in [0.717, 1.165) is 16.6 Å². The molecule has 0 fully saturated rings. The highest BCUT2D eigenvalue weighted by molar-refractivity contribution is 6.32. The maximum absolute atomic E-state index is 5.97. The van der Waals surface area contributed by atoms with E-state index in [0.29, 0.717) is 10.9 Å². The molecule has 0 spiro atoms. The summed E-state index contributed by atoms with van der Waals surface area (Å²) >= 11 is 5.97. The van der Waals surface area contributed by atoms with Crippen molar-refractivity contribution in [3.8, 4) is 5.88 Å². The molecule has 0 aliphatic heterocycles. The summed E-state index contributed by atoms with van der Waals surface area (Å²) in [6.07, 6.45) is 1.59. The van der Waals surface area contributed by atoms with Gasteiger partial charge in [-0.1, -0.05) is 11.6 Å². The predicted octanol–water partition coefficient (Wildman–Crippen LogP) is 2.60. The van der Waals surface area contributed by atoms with E-state index in [9.17, 15) is 0 Å². The third-order valence-corrected chi connectivity index (χ3v) is 2.50. The van der Waals surface area contributed by atoms with Gasteiger partial charge in [0.2, 0.25) is 5.88 Å². The minimum atomic E-state index is 0.503. The Morgan fingerprint density at radius 2 is 2.14 bits per heavy atom. The van der Waals surface area contributed by atoms with Gasteiger partial charge in [0.1, 0.15) is 0 Å². The Hall–Kier alpha value is -1.35. The van der Waals surface area contributed by atoms with Crippen LogP contribution in [0.3, 0.4) is 0 Å². The lowest BCUT2D eigenvalue weighted by atomic mass is 10.2. The lowest BCUT2D eigenvalue weighted by molar-refractivity contribution is 0.397. The quantitative estimate of drug-likeness (QED) is 0.723. The molecule has 1 aromatic carbocycles. The van der Waals surface area contributed by atoms with E-state index in [4.69, 9.17) is 16.3 Å². The number of aromatic nitrogens is 2. The molecule has 1 heterocycles. The molecule has 3 nitrogen and oxygen atoms in total. The average Bonchev–Trinajstić information content (AvgIpc) is 2.23. The fourth-order valence-electron chi connectivity index (χ4n) is 1.27. The van der Waals surface area contributed by atoms with Crippen LogP contribution in [-0.2, 0) is 0 Å². The van der Waals surface area contributed by atoms with Crippen LogP contribution in [0.5, 0.6) is 5.88 Å². The number of benzene rings is 1. The molecular formula is C10H9ClN2O. The Morgan fingerprint density at radius 3 is 2.86 bits per heavy atom. The van der Waals surface area contributed by atoms with E-state index < -0.39 is 0 Å². The van der Waals surface area contributed by atoms with Gasteiger partial charge >= 0.3 is 0 Å². The number of halogens is 1. The Balaban J connectivity index is 2.78. The number of nitrogens with zero attached hydrogens (tertiary/aromatic N) is 2. The van der Waals surface area contributed by atoms with Gasteiger partial charge in [0.15, 0.2) is 0 Å². The van der Waals surface area contributed by atoms with Crippen molar-refractivity contribution in [2.24, 2.45) is 0 Å². The summed E-state index contributed by atoms with van der Waals surface area (Å²) in [6.45, 7) is 1.92. The zero-order chi connectivity index (χ0) is 10.1. The second-order valence-electron chi connectivity index (χ2n) is 2.95. The monoisotopic (exact) mass is 208 g/mol. The van der Waals surface area contributed by atoms with Crippen molar-refractivity contribution >= 4 is 22.6 Å². The fourth-order valence-corrected chi connectivity index (χ4v) is 1.42. The van der Waals surface area contributed by atoms with Crippen LogP contribution in [0.25, 0.3) is 11.0 Å². The smallest absolute Gasteiger partial charge is 0.232 e. The minimum Gasteiger partial charge on any atom is -0.480 e. The third kappa shape index (κ3) is 1.40. The van der Waals surface area contributed by atoms with Gasteiger partial charge in [-0.3, -0.25) is 0 Å². The molecule has 0 bridgehead atoms. The van der Waals surface area contributed by atoms with Crippen molar-refractivity contribution in [2.45, 2.75) is 6.92 Å². The van der Waals surface area contributed by atoms with Gasteiger partial charge in [0.05, 0.1) is 24.3 Å². The van der Waals surface area contributed by atoms with Crippen molar-refractivity contribution in [1.29, 1.82) is 0 Å². The van der Waals surface area contributed by atoms with Gasteiger partial charge in [-0.25, -0.2) is 9.97 Å². The number of ether oxygens (including phenoxy) is 1. The highest BCUT2D eigenvalue weighted by Gasteiger charge is 2.05. The molecule has 0 amide bonds. The molecule has 14 heavy (non-hydrogen) atoms. The van der Waals surface area contributed by atoms with Crippen LogP contribution in [0.15, 0.2) is 18.3 Å². The second kappa shape index (κ2) is 3.42. The summed E-state index contributed by atoms with van der Waals surface area (Å²) in [5, 5.41) is 0.694. The number of fused-ring (bicyclic) bond motifs is 1. The summed E-state index contributed by atoms with van der Waals surface area (Å²) in [5.74, 6) is 0.503. The second-order valence-corrected chi connectivity index (χ2v) is 3.36. The topological polar surface area (TPSA) is 35.0 Å². The van der Waals surface area contributed by atoms with Gasteiger partial charge in [0, 0.05) is 5.02 Å². The number of methoxy groups -OCH3 is 1. The van der Waals surface area contributed by atoms with Crippen LogP contribution in [-0.4, -0.2) is 17.1 Å². The van der Waals surface area contributed by atoms with E-state index in [1.807, 2.05) is 19.1 Å². The molecule has 0 unspecified atom stereocenters. The van der Waals surface area contributed by atoms with Crippen LogP contribution in [0, 0.1) is 6.92 Å². The number of aryl methyl sites for hydroxylation is 1. The van der Waals surface area contributed by atoms with Crippen molar-refractivity contribution < 1.29 is 4.74 Å². The predicted molar refractivity (Wildman–Crippen MR) is 55.8 cm³/mol. The SMILES string of the molecule is COc1cnc2ccc(Cl)c(C)c2n1. The van der Waals surface area contributed by atoms with Gasteiger partial charge in [-0.15, -0.1) is 0 Å². The summed E-state index contributed by atoms with van der Waals surface area (Å²) in [5.41, 5.74) is 2.54. The molecule has 0 radical (unpaired) electrons. The normalized spacial score (nSPS) is 10.5. The molecule has 2 rings (SSSR count). The maximum Gasteiger partial charge on any atom is 0.232 e. The summed E-state index contributed by atoms with van der Waals surface area (Å²) in [6, 6.07) is 3.66. The van der Waals surface area contributed by atoms with Gasteiger partial charge in [-0.05, 0) is 24.6 Å². The largest absolute Gasteiger partial charge is 0.480 e. The molecular weight excluding hydrogens is 200 g/mol. The molecule has 0 N–H and O–H groups in total. The van der Waals surface area contributed by atoms with Crippen molar-refractivity contribution in [3.63, 3.8) is 0 Å². The van der Waals surface area contributed by atoms with Crippen LogP contribution in [0.2, 0.25) is 5.02 Å². The standard InChI is InChI=1S/C10H9ClN2O/c1-6-7(11)3-4-8-10(6)13-9(14-2)5-12-8/h3-5H,1-2H3. The minimum absolute atomic E-state index is 0.503. The molecule has 0 aliphatic carbocycles. The summed E-state index contributed by atoms with van der Waals surface area (Å²) in [4.78, 5) is 8.49. The number of rotatable bonds is 1. The molecule has 0 saturated heterocycles. The van der Waals surface area contributed by atoms with Crippen LogP contribution in [0.1, 0.15) is 5.56 Å². The van der Waals surface area contributed by atoms with Crippen molar-refractivity contribution in [3.05, 3.63) is 28.9 Å². The highest BCUT2D eigenvalue weighted by atomic mass is 35.5. The lowest BCUT2D eigenvalue weighted by Crippen LogP contribution is -1.92. The number of hydrogen-bond donors (Lipinski definition) is 0. The van der Waals surface area contributed by atoms with E-state index >= 15 is 0 Å². The third-order valence-electron chi connectivity index (χ3n) is 2.09. The average molecular weight is 209 g/mol. The van der Waals surface area contributed by atoms with E-state index in [-0.39, 0.29) is 0 Å². The summed E-state index contributed by atoms with van der Waals surface area (Å²) in [7, 11) is 1.57. The first-order chi connectivity index (χ1) is 6.72. The zero-order valence-corrected chi connectivity index (χ0v) is 8.67. The first kappa shape index (κ1) is 9.21. The van der Waals surface area contributed by atoms with Gasteiger partial charge in [0.25, 0.3) is 0 Å². The number of hydrogen-bond acceptors (Lipinski definition) is 3. The molecule has 0 saturated carbocycles. The Morgan fingerprint density at radius 1 is 1.36 bits per heavy atom. The van der Waals surface area contributed by atoms with Gasteiger partial charge in [-0.2, -0.15) is 0 Å². The fraction of sp³-hybridized carbons (Fsp3) is 0.200. The van der Waals surface area contributed by atoms with Crippen molar-refractivity contribution in [1.82, 2.24) is 9.97 Å². The van der Waals surface area contributed by atoms with Crippen LogP contribution < -0.4 is 4.74 Å². The van der Waals surface area contributed by atoms with Crippen LogP contribution >= 0.6 is 11.6 Å². The molecule has 72 valence electrons. The zero-order valence-electron chi connectivity index (χ0n) is 7.91. The van der Waals surface area contributed by atoms with Crippen molar-refractivity contribution in [2.75, 3.05) is 7.11 Å². The lowest BCUT2D eigenvalue weighted by Gasteiger charge is -2.04. The first-order valence-electron chi connectivity index (χ1n) is 4.18. The van der Waals surface area contributed by atoms with E-state index in [2.05, 4.69) is 9.97 Å². The molecule has 2 aromatic rings. The molecule has 0 aliphatic rings.